The van der Waals surface area contributed by atoms with Crippen LogP contribution in [0.4, 0.5) is 5.69 Å². The number of ether oxygens (including phenoxy) is 1. The Labute approximate surface area is 123 Å². The molecule has 1 amide bonds. The van der Waals surface area contributed by atoms with Crippen LogP contribution in [0.1, 0.15) is 37.2 Å². The number of rotatable bonds is 2. The first-order valence-corrected chi connectivity index (χ1v) is 7.43. The first-order chi connectivity index (χ1) is 10.2. The molecule has 1 saturated heterocycles. The number of amides is 1. The van der Waals surface area contributed by atoms with Crippen molar-refractivity contribution in [2.45, 2.75) is 37.7 Å². The van der Waals surface area contributed by atoms with Gasteiger partial charge in [-0.2, -0.15) is 0 Å². The van der Waals surface area contributed by atoms with E-state index in [4.69, 9.17) is 4.74 Å². The lowest BCUT2D eigenvalue weighted by molar-refractivity contribution is -0.139. The normalized spacial score (nSPS) is 25.2. The Kier molecular flexibility index (Phi) is 3.92. The molecule has 2 atom stereocenters. The van der Waals surface area contributed by atoms with Gasteiger partial charge in [0, 0.05) is 18.8 Å². The van der Waals surface area contributed by atoms with E-state index in [2.05, 4.69) is 0 Å². The summed E-state index contributed by atoms with van der Waals surface area (Å²) in [6, 6.07) is 7.28. The van der Waals surface area contributed by atoms with Crippen LogP contribution in [0.5, 0.6) is 0 Å². The van der Waals surface area contributed by atoms with Gasteiger partial charge in [0.05, 0.1) is 5.92 Å². The highest BCUT2D eigenvalue weighted by Crippen LogP contribution is 2.36. The molecule has 0 aromatic heterocycles. The maximum absolute atomic E-state index is 12.6. The highest BCUT2D eigenvalue weighted by Gasteiger charge is 2.35. The van der Waals surface area contributed by atoms with E-state index in [0.717, 1.165) is 30.5 Å². The van der Waals surface area contributed by atoms with Crippen LogP contribution in [-0.4, -0.2) is 36.2 Å². The van der Waals surface area contributed by atoms with Crippen LogP contribution in [0.3, 0.4) is 0 Å². The topological polar surface area (TPSA) is 66.8 Å². The van der Waals surface area contributed by atoms with Crippen molar-refractivity contribution in [1.29, 1.82) is 0 Å². The van der Waals surface area contributed by atoms with Gasteiger partial charge in [-0.3, -0.25) is 9.59 Å². The van der Waals surface area contributed by atoms with E-state index in [1.807, 2.05) is 18.2 Å². The number of para-hydroxylation sites is 1. The number of benzene rings is 1. The molecule has 3 rings (SSSR count). The van der Waals surface area contributed by atoms with Crippen molar-refractivity contribution in [3.05, 3.63) is 29.8 Å². The standard InChI is InChI=1S/C16H19NO4/c18-15(14-7-3-4-10-21-14)17-9-8-12(16(19)20)11-5-1-2-6-13(11)17/h1-2,5-6,12,14H,3-4,7-10H2,(H,19,20). The molecular weight excluding hydrogens is 270 g/mol. The predicted octanol–water partition coefficient (Wildman–Crippen LogP) is 2.16. The Hall–Kier alpha value is -1.88. The summed E-state index contributed by atoms with van der Waals surface area (Å²) in [5.41, 5.74) is 1.44. The summed E-state index contributed by atoms with van der Waals surface area (Å²) >= 11 is 0. The van der Waals surface area contributed by atoms with E-state index in [1.165, 1.54) is 0 Å². The number of aliphatic carboxylic acids is 1. The van der Waals surface area contributed by atoms with E-state index in [9.17, 15) is 14.7 Å². The van der Waals surface area contributed by atoms with E-state index in [0.29, 0.717) is 19.6 Å². The Morgan fingerprint density at radius 2 is 2.00 bits per heavy atom. The minimum atomic E-state index is -0.830. The van der Waals surface area contributed by atoms with Crippen LogP contribution in [0, 0.1) is 0 Å². The molecule has 1 aromatic carbocycles. The fraction of sp³-hybridized carbons (Fsp3) is 0.500. The summed E-state index contributed by atoms with van der Waals surface area (Å²) in [4.78, 5) is 25.7. The number of carboxylic acid groups (broad SMARTS) is 1. The second-order valence-electron chi connectivity index (χ2n) is 5.58. The Morgan fingerprint density at radius 1 is 1.19 bits per heavy atom. The quantitative estimate of drug-likeness (QED) is 0.906. The highest BCUT2D eigenvalue weighted by atomic mass is 16.5. The molecule has 1 N–H and O–H groups in total. The molecule has 2 aliphatic rings. The molecule has 0 saturated carbocycles. The molecule has 2 aliphatic heterocycles. The van der Waals surface area contributed by atoms with Crippen LogP contribution in [0.15, 0.2) is 24.3 Å². The van der Waals surface area contributed by atoms with Crippen LogP contribution in [0.2, 0.25) is 0 Å². The zero-order valence-electron chi connectivity index (χ0n) is 11.8. The summed E-state index contributed by atoms with van der Waals surface area (Å²) in [5.74, 6) is -1.40. The van der Waals surface area contributed by atoms with Crippen molar-refractivity contribution in [2.75, 3.05) is 18.1 Å². The molecule has 0 radical (unpaired) electrons. The zero-order chi connectivity index (χ0) is 14.8. The van der Waals surface area contributed by atoms with Crippen LogP contribution in [-0.2, 0) is 14.3 Å². The number of anilines is 1. The molecule has 0 aliphatic carbocycles. The number of fused-ring (bicyclic) bond motifs is 1. The van der Waals surface area contributed by atoms with Crippen LogP contribution < -0.4 is 4.90 Å². The van der Waals surface area contributed by atoms with Gasteiger partial charge in [0.25, 0.3) is 5.91 Å². The maximum atomic E-state index is 12.6. The first-order valence-electron chi connectivity index (χ1n) is 7.43. The van der Waals surface area contributed by atoms with Crippen molar-refractivity contribution in [1.82, 2.24) is 0 Å². The van der Waals surface area contributed by atoms with Crippen LogP contribution in [0.25, 0.3) is 0 Å². The smallest absolute Gasteiger partial charge is 0.311 e. The average molecular weight is 289 g/mol. The number of hydrogen-bond acceptors (Lipinski definition) is 3. The van der Waals surface area contributed by atoms with Gasteiger partial charge in [-0.1, -0.05) is 18.2 Å². The number of carbonyl (C=O) groups is 2. The summed E-state index contributed by atoms with van der Waals surface area (Å²) in [6.45, 7) is 1.07. The number of nitrogens with zero attached hydrogens (tertiary/aromatic N) is 1. The van der Waals surface area contributed by atoms with E-state index in [-0.39, 0.29) is 12.0 Å². The summed E-state index contributed by atoms with van der Waals surface area (Å²) in [5, 5.41) is 9.33. The monoisotopic (exact) mass is 289 g/mol. The van der Waals surface area contributed by atoms with Crippen molar-refractivity contribution in [3.63, 3.8) is 0 Å². The number of carbonyl (C=O) groups excluding carboxylic acids is 1. The average Bonchev–Trinajstić information content (AvgIpc) is 2.54. The second-order valence-corrected chi connectivity index (χ2v) is 5.58. The Morgan fingerprint density at radius 3 is 2.71 bits per heavy atom. The lowest BCUT2D eigenvalue weighted by Gasteiger charge is -2.35. The number of hydrogen-bond donors (Lipinski definition) is 1. The summed E-state index contributed by atoms with van der Waals surface area (Å²) in [6.07, 6.45) is 2.82. The van der Waals surface area contributed by atoms with Crippen molar-refractivity contribution < 1.29 is 19.4 Å². The molecule has 5 nitrogen and oxygen atoms in total. The molecule has 2 heterocycles. The molecule has 21 heavy (non-hydrogen) atoms. The van der Waals surface area contributed by atoms with Gasteiger partial charge in [-0.05, 0) is 37.3 Å². The minimum absolute atomic E-state index is 0.0361. The Bertz CT molecular complexity index is 551. The molecular formula is C16H19NO4. The largest absolute Gasteiger partial charge is 0.481 e. The molecule has 112 valence electrons. The molecule has 0 spiro atoms. The third kappa shape index (κ3) is 2.65. The minimum Gasteiger partial charge on any atom is -0.481 e. The SMILES string of the molecule is O=C(O)C1CCN(C(=O)C2CCCCO2)c2ccccc21. The fourth-order valence-electron chi connectivity index (χ4n) is 3.16. The third-order valence-electron chi connectivity index (χ3n) is 4.26. The molecule has 0 bridgehead atoms. The first kappa shape index (κ1) is 14.1. The molecule has 5 heteroatoms. The fourth-order valence-corrected chi connectivity index (χ4v) is 3.16. The van der Waals surface area contributed by atoms with Crippen molar-refractivity contribution >= 4 is 17.6 Å². The second kappa shape index (κ2) is 5.85. The van der Waals surface area contributed by atoms with Gasteiger partial charge >= 0.3 is 5.97 Å². The van der Waals surface area contributed by atoms with Gasteiger partial charge in [0.2, 0.25) is 0 Å². The lowest BCUT2D eigenvalue weighted by atomic mass is 9.89. The van der Waals surface area contributed by atoms with Crippen molar-refractivity contribution in [3.8, 4) is 0 Å². The Balaban J connectivity index is 1.88. The molecule has 2 unspecified atom stereocenters. The zero-order valence-corrected chi connectivity index (χ0v) is 11.8. The van der Waals surface area contributed by atoms with Gasteiger partial charge in [0.15, 0.2) is 0 Å². The van der Waals surface area contributed by atoms with Gasteiger partial charge < -0.3 is 14.7 Å². The highest BCUT2D eigenvalue weighted by molar-refractivity contribution is 5.99. The van der Waals surface area contributed by atoms with Crippen LogP contribution >= 0.6 is 0 Å². The van der Waals surface area contributed by atoms with Crippen molar-refractivity contribution in [2.24, 2.45) is 0 Å². The maximum Gasteiger partial charge on any atom is 0.311 e. The summed E-state index contributed by atoms with van der Waals surface area (Å²) < 4.78 is 5.57. The molecule has 1 aromatic rings. The third-order valence-corrected chi connectivity index (χ3v) is 4.26. The lowest BCUT2D eigenvalue weighted by Crippen LogP contribution is -2.45. The van der Waals surface area contributed by atoms with Gasteiger partial charge in [-0.25, -0.2) is 0 Å². The van der Waals surface area contributed by atoms with Gasteiger partial charge in [0.1, 0.15) is 6.10 Å². The predicted molar refractivity (Wildman–Crippen MR) is 77.4 cm³/mol. The number of carboxylic acids is 1. The molecule has 1 fully saturated rings. The van der Waals surface area contributed by atoms with E-state index < -0.39 is 11.9 Å². The van der Waals surface area contributed by atoms with Gasteiger partial charge in [-0.15, -0.1) is 0 Å². The summed E-state index contributed by atoms with van der Waals surface area (Å²) in [7, 11) is 0. The van der Waals surface area contributed by atoms with E-state index in [1.54, 1.807) is 11.0 Å². The van der Waals surface area contributed by atoms with E-state index >= 15 is 0 Å².